The van der Waals surface area contributed by atoms with Gasteiger partial charge in [0.15, 0.2) is 0 Å². The third-order valence-corrected chi connectivity index (χ3v) is 15.9. The first-order valence-electron chi connectivity index (χ1n) is 13.0. The molecule has 0 aliphatic heterocycles. The van der Waals surface area contributed by atoms with Crippen molar-refractivity contribution in [3.63, 3.8) is 0 Å². The number of halogens is 1. The Labute approximate surface area is 212 Å². The smallest absolute Gasteiger partial charge is 0.0475 e. The molecule has 0 saturated heterocycles. The molecule has 3 saturated carbocycles. The maximum absolute atomic E-state index is 7.33. The molecular formula is C28H46ClPRu. The van der Waals surface area contributed by atoms with E-state index in [4.69, 9.17) is 11.6 Å². The van der Waals surface area contributed by atoms with E-state index >= 15 is 0 Å². The van der Waals surface area contributed by atoms with Gasteiger partial charge in [-0.05, 0) is 67.6 Å². The molecule has 4 aliphatic carbocycles. The summed E-state index contributed by atoms with van der Waals surface area (Å²) in [6.45, 7) is 12.6. The quantitative estimate of drug-likeness (QED) is 0.186. The zero-order valence-electron chi connectivity index (χ0n) is 20.7. The molecule has 0 bridgehead atoms. The second kappa shape index (κ2) is 9.83. The van der Waals surface area contributed by atoms with E-state index in [0.29, 0.717) is 11.1 Å². The Kier molecular flexibility index (Phi) is 8.38. The van der Waals surface area contributed by atoms with Gasteiger partial charge >= 0.3 is 0 Å². The molecule has 31 heavy (non-hydrogen) atoms. The minimum atomic E-state index is -0.119. The summed E-state index contributed by atoms with van der Waals surface area (Å²) in [5.74, 6) is 0.606. The van der Waals surface area contributed by atoms with Gasteiger partial charge in [-0.15, -0.1) is 11.6 Å². The van der Waals surface area contributed by atoms with Gasteiger partial charge in [0.25, 0.3) is 0 Å². The van der Waals surface area contributed by atoms with Crippen molar-refractivity contribution >= 4 is 19.5 Å². The number of allylic oxidation sites excluding steroid dienone is 4. The van der Waals surface area contributed by atoms with Crippen molar-refractivity contribution < 1.29 is 19.5 Å². The molecule has 0 radical (unpaired) electrons. The van der Waals surface area contributed by atoms with E-state index in [-0.39, 0.29) is 43.1 Å². The van der Waals surface area contributed by atoms with Crippen LogP contribution in [0.1, 0.15) is 112 Å². The monoisotopic (exact) mass is 550 g/mol. The molecule has 4 rings (SSSR count). The van der Waals surface area contributed by atoms with E-state index in [2.05, 4.69) is 58.9 Å². The van der Waals surface area contributed by atoms with Crippen molar-refractivity contribution in [1.29, 1.82) is 0 Å². The van der Waals surface area contributed by atoms with E-state index in [1.807, 2.05) is 0 Å². The van der Waals surface area contributed by atoms with Crippen LogP contribution in [0.2, 0.25) is 0 Å². The summed E-state index contributed by atoms with van der Waals surface area (Å²) in [7, 11) is -0.0594. The first-order chi connectivity index (χ1) is 14.2. The van der Waals surface area contributed by atoms with Gasteiger partial charge in [-0.3, -0.25) is 0 Å². The van der Waals surface area contributed by atoms with Gasteiger partial charge in [-0.2, -0.15) is 0 Å². The van der Waals surface area contributed by atoms with Gasteiger partial charge in [-0.1, -0.05) is 98.4 Å². The topological polar surface area (TPSA) is 0 Å². The van der Waals surface area contributed by atoms with Gasteiger partial charge in [0, 0.05) is 35.4 Å². The molecule has 178 valence electrons. The van der Waals surface area contributed by atoms with Crippen molar-refractivity contribution in [2.75, 3.05) is 0 Å². The molecule has 2 unspecified atom stereocenters. The molecular weight excluding hydrogens is 504 g/mol. The van der Waals surface area contributed by atoms with Crippen LogP contribution >= 0.6 is 19.5 Å². The van der Waals surface area contributed by atoms with Crippen LogP contribution in [0.4, 0.5) is 0 Å². The van der Waals surface area contributed by atoms with Crippen LogP contribution in [0.25, 0.3) is 0 Å². The second-order valence-corrected chi connectivity index (χ2v) is 16.1. The molecule has 4 aliphatic rings. The van der Waals surface area contributed by atoms with Gasteiger partial charge < -0.3 is 0 Å². The predicted octanol–water partition coefficient (Wildman–Crippen LogP) is 9.46. The Balaban J connectivity index is 0.00000272. The van der Waals surface area contributed by atoms with E-state index in [1.54, 1.807) is 0 Å². The third kappa shape index (κ3) is 4.23. The maximum atomic E-state index is 7.33. The van der Waals surface area contributed by atoms with E-state index < -0.39 is 0 Å². The van der Waals surface area contributed by atoms with Gasteiger partial charge in [0.2, 0.25) is 0 Å². The molecule has 0 heterocycles. The fraction of sp³-hybridized carbons (Fsp3) is 0.857. The molecule has 0 N–H and O–H groups in total. The van der Waals surface area contributed by atoms with Crippen molar-refractivity contribution in [2.24, 2.45) is 16.7 Å². The Morgan fingerprint density at radius 2 is 1.13 bits per heavy atom. The Morgan fingerprint density at radius 3 is 1.58 bits per heavy atom. The molecule has 0 nitrogen and oxygen atoms in total. The van der Waals surface area contributed by atoms with Gasteiger partial charge in [0.1, 0.15) is 0 Å². The fourth-order valence-electron chi connectivity index (χ4n) is 7.87. The average molecular weight is 550 g/mol. The SMILES string of the molecule is CC1(Cl)CCC(C2C=CC=C2)(P(C2CCCCC2)C2CCCCC2)C(C)(C)C1(C)C.[Ru]. The Hall–Kier alpha value is 0.823. The summed E-state index contributed by atoms with van der Waals surface area (Å²) in [4.78, 5) is -0.119. The number of hydrogen-bond acceptors (Lipinski definition) is 0. The van der Waals surface area contributed by atoms with Crippen molar-refractivity contribution in [3.05, 3.63) is 24.3 Å². The second-order valence-electron chi connectivity index (χ2n) is 12.2. The first-order valence-corrected chi connectivity index (χ1v) is 14.8. The Bertz CT molecular complexity index is 636. The van der Waals surface area contributed by atoms with Crippen LogP contribution in [-0.2, 0) is 19.5 Å². The molecule has 0 spiro atoms. The van der Waals surface area contributed by atoms with Crippen LogP contribution in [0.15, 0.2) is 24.3 Å². The molecule has 0 aromatic carbocycles. The summed E-state index contributed by atoms with van der Waals surface area (Å²) in [5, 5.41) is 0.383. The van der Waals surface area contributed by atoms with Crippen LogP contribution in [0.5, 0.6) is 0 Å². The largest absolute Gasteiger partial charge is 0.119 e. The van der Waals surface area contributed by atoms with Crippen LogP contribution in [0.3, 0.4) is 0 Å². The zero-order chi connectivity index (χ0) is 21.6. The van der Waals surface area contributed by atoms with Gasteiger partial charge in [0.05, 0.1) is 0 Å². The third-order valence-electron chi connectivity index (χ3n) is 10.6. The molecule has 3 heteroatoms. The zero-order valence-corrected chi connectivity index (χ0v) is 24.1. The maximum Gasteiger partial charge on any atom is 0.0475 e. The minimum Gasteiger partial charge on any atom is -0.119 e. The summed E-state index contributed by atoms with van der Waals surface area (Å²) < 4.78 is 0. The van der Waals surface area contributed by atoms with E-state index in [0.717, 1.165) is 11.3 Å². The normalized spacial score (nSPS) is 36.6. The van der Waals surface area contributed by atoms with Gasteiger partial charge in [-0.25, -0.2) is 0 Å². The number of hydrogen-bond donors (Lipinski definition) is 0. The minimum absolute atomic E-state index is 0. The number of rotatable bonds is 4. The number of alkyl halides is 1. The van der Waals surface area contributed by atoms with E-state index in [9.17, 15) is 0 Å². The van der Waals surface area contributed by atoms with Crippen LogP contribution in [0, 0.1) is 16.7 Å². The molecule has 3 fully saturated rings. The average Bonchev–Trinajstić information content (AvgIpc) is 3.26. The van der Waals surface area contributed by atoms with Crippen molar-refractivity contribution in [2.45, 2.75) is 133 Å². The summed E-state index contributed by atoms with van der Waals surface area (Å²) in [6.07, 6.45) is 27.2. The molecule has 0 amide bonds. The summed E-state index contributed by atoms with van der Waals surface area (Å²) in [6, 6.07) is 0. The van der Waals surface area contributed by atoms with Crippen molar-refractivity contribution in [1.82, 2.24) is 0 Å². The standard InChI is InChI=1S/C28H46ClP.Ru/c1-25(2)26(3,4)28(21-20-27(25,5)29,22-14-12-13-15-22)30(23-16-8-6-9-17-23)24-18-10-7-11-19-24;/h12-15,22-24H,6-11,16-21H2,1-5H3;. The van der Waals surface area contributed by atoms with E-state index in [1.165, 1.54) is 77.0 Å². The van der Waals surface area contributed by atoms with Crippen LogP contribution in [-0.4, -0.2) is 21.3 Å². The predicted molar refractivity (Wildman–Crippen MR) is 136 cm³/mol. The van der Waals surface area contributed by atoms with Crippen LogP contribution < -0.4 is 0 Å². The molecule has 2 atom stereocenters. The first kappa shape index (κ1) is 26.4. The fourth-order valence-corrected chi connectivity index (χ4v) is 13.8. The van der Waals surface area contributed by atoms with Crippen molar-refractivity contribution in [3.8, 4) is 0 Å². The summed E-state index contributed by atoms with van der Waals surface area (Å²) in [5.41, 5.74) is 2.27. The molecule has 0 aromatic heterocycles. The molecule has 0 aromatic rings. The summed E-state index contributed by atoms with van der Waals surface area (Å²) >= 11 is 7.33. The Morgan fingerprint density at radius 1 is 0.677 bits per heavy atom.